The summed E-state index contributed by atoms with van der Waals surface area (Å²) in [5, 5.41) is 0. The molecule has 42 heavy (non-hydrogen) atoms. The van der Waals surface area contributed by atoms with Gasteiger partial charge in [0.05, 0.1) is 19.6 Å². The third-order valence-electron chi connectivity index (χ3n) is 9.80. The van der Waals surface area contributed by atoms with E-state index in [1.54, 1.807) is 0 Å². The lowest BCUT2D eigenvalue weighted by molar-refractivity contribution is -0.929. The van der Waals surface area contributed by atoms with Gasteiger partial charge in [-0.2, -0.15) is 0 Å². The first-order valence-corrected chi connectivity index (χ1v) is 18.7. The van der Waals surface area contributed by atoms with Crippen molar-refractivity contribution in [3.63, 3.8) is 0 Å². The van der Waals surface area contributed by atoms with Gasteiger partial charge in [-0.3, -0.25) is 4.79 Å². The van der Waals surface area contributed by atoms with Crippen molar-refractivity contribution in [2.75, 3.05) is 45.8 Å². The quantitative estimate of drug-likeness (QED) is 0.0575. The summed E-state index contributed by atoms with van der Waals surface area (Å²) in [5.74, 6) is 0.885. The Kier molecular flexibility index (Phi) is 23.6. The predicted molar refractivity (Wildman–Crippen MR) is 180 cm³/mol. The lowest BCUT2D eigenvalue weighted by Crippen LogP contribution is -2.57. The molecular formula is C37H73N2O3+. The Morgan fingerprint density at radius 1 is 0.738 bits per heavy atom. The van der Waals surface area contributed by atoms with Gasteiger partial charge in [0.2, 0.25) is 0 Å². The lowest BCUT2D eigenvalue weighted by Gasteiger charge is -2.44. The van der Waals surface area contributed by atoms with E-state index < -0.39 is 5.97 Å². The summed E-state index contributed by atoms with van der Waals surface area (Å²) in [6.07, 6.45) is 28.3. The van der Waals surface area contributed by atoms with E-state index in [9.17, 15) is 9.59 Å². The molecule has 2 heterocycles. The van der Waals surface area contributed by atoms with Crippen LogP contribution in [-0.2, 0) is 14.3 Å². The maximum atomic E-state index is 12.1. The summed E-state index contributed by atoms with van der Waals surface area (Å²) in [6.45, 7) is 18.1. The largest absolute Gasteiger partial charge is 0.389 e. The van der Waals surface area contributed by atoms with Crippen LogP contribution in [0.2, 0.25) is 0 Å². The van der Waals surface area contributed by atoms with Crippen molar-refractivity contribution in [3.8, 4) is 0 Å². The van der Waals surface area contributed by atoms with E-state index in [4.69, 9.17) is 4.74 Å². The summed E-state index contributed by atoms with van der Waals surface area (Å²) in [4.78, 5) is 26.0. The number of quaternary nitrogens is 1. The van der Waals surface area contributed by atoms with Crippen molar-refractivity contribution in [3.05, 3.63) is 0 Å². The van der Waals surface area contributed by atoms with Crippen LogP contribution in [0.1, 0.15) is 169 Å². The second-order valence-electron chi connectivity index (χ2n) is 13.9. The second-order valence-corrected chi connectivity index (χ2v) is 13.9. The monoisotopic (exact) mass is 594 g/mol. The van der Waals surface area contributed by atoms with Crippen LogP contribution in [0.4, 0.5) is 0 Å². The van der Waals surface area contributed by atoms with Crippen LogP contribution in [0.5, 0.6) is 0 Å². The lowest BCUT2D eigenvalue weighted by atomic mass is 9.91. The van der Waals surface area contributed by atoms with Gasteiger partial charge in [0.1, 0.15) is 0 Å². The van der Waals surface area contributed by atoms with Gasteiger partial charge in [-0.25, -0.2) is 4.79 Å². The van der Waals surface area contributed by atoms with Gasteiger partial charge in [0, 0.05) is 19.4 Å². The molecule has 0 spiro atoms. The fourth-order valence-corrected chi connectivity index (χ4v) is 7.37. The Bertz CT molecular complexity index is 667. The molecule has 0 aromatic heterocycles. The van der Waals surface area contributed by atoms with Crippen molar-refractivity contribution in [2.45, 2.75) is 169 Å². The average molecular weight is 594 g/mol. The molecule has 0 aliphatic carbocycles. The number of carbonyl (C=O) groups excluding carboxylic acids is 2. The highest BCUT2D eigenvalue weighted by Crippen LogP contribution is 2.28. The first kappa shape index (κ1) is 39.1. The number of unbranched alkanes of at least 4 members (excludes halogenated alkanes) is 12. The highest BCUT2D eigenvalue weighted by Gasteiger charge is 2.37. The Morgan fingerprint density at radius 3 is 1.93 bits per heavy atom. The van der Waals surface area contributed by atoms with Crippen molar-refractivity contribution in [1.82, 2.24) is 4.90 Å². The molecule has 2 aliphatic rings. The van der Waals surface area contributed by atoms with E-state index in [0.717, 1.165) is 30.0 Å². The van der Waals surface area contributed by atoms with Gasteiger partial charge < -0.3 is 14.1 Å². The number of piperidine rings is 2. The van der Waals surface area contributed by atoms with Crippen LogP contribution in [0.15, 0.2) is 0 Å². The van der Waals surface area contributed by atoms with Gasteiger partial charge in [-0.15, -0.1) is 0 Å². The molecular weight excluding hydrogens is 520 g/mol. The number of hydrogen-bond acceptors (Lipinski definition) is 4. The summed E-state index contributed by atoms with van der Waals surface area (Å²) in [7, 11) is 0. The highest BCUT2D eigenvalue weighted by molar-refractivity contribution is 5.84. The molecule has 2 saturated heterocycles. The SMILES string of the molecule is CCCCCCCCCN1CCCC(CC)C1.CCCCCCCCC[N+]1(CC(=O)OC(C)=O)CCCC(CCC)C1. The molecule has 0 amide bonds. The molecule has 5 heteroatoms. The molecule has 248 valence electrons. The first-order valence-electron chi connectivity index (χ1n) is 18.7. The molecule has 0 aromatic rings. The molecule has 2 aliphatic heterocycles. The Balaban J connectivity index is 0.000000452. The van der Waals surface area contributed by atoms with E-state index in [0.29, 0.717) is 12.5 Å². The zero-order valence-electron chi connectivity index (χ0n) is 29.1. The molecule has 0 radical (unpaired) electrons. The summed E-state index contributed by atoms with van der Waals surface area (Å²) >= 11 is 0. The summed E-state index contributed by atoms with van der Waals surface area (Å²) < 4.78 is 5.69. The zero-order chi connectivity index (χ0) is 30.9. The van der Waals surface area contributed by atoms with Crippen LogP contribution >= 0.6 is 0 Å². The van der Waals surface area contributed by atoms with Crippen molar-refractivity contribution in [1.29, 1.82) is 0 Å². The van der Waals surface area contributed by atoms with Crippen LogP contribution in [0.25, 0.3) is 0 Å². The van der Waals surface area contributed by atoms with Gasteiger partial charge in [-0.05, 0) is 70.4 Å². The van der Waals surface area contributed by atoms with Gasteiger partial charge in [-0.1, -0.05) is 111 Å². The van der Waals surface area contributed by atoms with Crippen LogP contribution in [0.3, 0.4) is 0 Å². The average Bonchev–Trinajstić information content (AvgIpc) is 2.96. The number of likely N-dealkylation sites (tertiary alicyclic amines) is 2. The minimum absolute atomic E-state index is 0.340. The number of hydrogen-bond donors (Lipinski definition) is 0. The molecule has 0 saturated carbocycles. The molecule has 5 nitrogen and oxygen atoms in total. The third-order valence-corrected chi connectivity index (χ3v) is 9.80. The Hall–Kier alpha value is -0.940. The van der Waals surface area contributed by atoms with Crippen molar-refractivity contribution < 1.29 is 18.8 Å². The number of esters is 2. The fraction of sp³-hybridized carbons (Fsp3) is 0.946. The van der Waals surface area contributed by atoms with Crippen LogP contribution < -0.4 is 0 Å². The first-order chi connectivity index (χ1) is 20.4. The molecule has 2 rings (SSSR count). The number of carbonyl (C=O) groups is 2. The van der Waals surface area contributed by atoms with E-state index in [2.05, 4.69) is 32.6 Å². The third kappa shape index (κ3) is 19.4. The Labute approximate surface area is 262 Å². The van der Waals surface area contributed by atoms with Crippen LogP contribution in [-0.4, -0.2) is 67.1 Å². The van der Waals surface area contributed by atoms with E-state index in [1.165, 1.54) is 161 Å². The predicted octanol–water partition coefficient (Wildman–Crippen LogP) is 9.71. The molecule has 0 aromatic carbocycles. The maximum Gasteiger partial charge on any atom is 0.369 e. The van der Waals surface area contributed by atoms with E-state index >= 15 is 0 Å². The Morgan fingerprint density at radius 2 is 1.33 bits per heavy atom. The molecule has 3 atom stereocenters. The zero-order valence-corrected chi connectivity index (χ0v) is 29.1. The molecule has 3 unspecified atom stereocenters. The minimum atomic E-state index is -0.485. The van der Waals surface area contributed by atoms with Gasteiger partial charge >= 0.3 is 11.9 Å². The van der Waals surface area contributed by atoms with E-state index in [-0.39, 0.29) is 5.97 Å². The van der Waals surface area contributed by atoms with Gasteiger partial charge in [0.25, 0.3) is 0 Å². The standard InChI is InChI=1S/C21H40NO3.C16H33N/c1-4-6-7-8-9-10-11-15-22(18-21(24)25-19(3)23)16-12-14-20(17-22)13-5-2;1-3-5-6-7-8-9-10-13-17-14-11-12-16(4-2)15-17/h20H,4-18H2,1-3H3;16H,3-15H2,1-2H3/q+1;. The van der Waals surface area contributed by atoms with Crippen LogP contribution in [0, 0.1) is 11.8 Å². The van der Waals surface area contributed by atoms with Crippen molar-refractivity contribution >= 4 is 11.9 Å². The number of rotatable bonds is 21. The molecule has 0 N–H and O–H groups in total. The molecule has 0 bridgehead atoms. The maximum absolute atomic E-state index is 12.1. The summed E-state index contributed by atoms with van der Waals surface area (Å²) in [6, 6.07) is 0. The second kappa shape index (κ2) is 25.4. The van der Waals surface area contributed by atoms with Crippen molar-refractivity contribution in [2.24, 2.45) is 11.8 Å². The smallest absolute Gasteiger partial charge is 0.369 e. The highest BCUT2D eigenvalue weighted by atomic mass is 16.6. The minimum Gasteiger partial charge on any atom is -0.389 e. The normalized spacial score (nSPS) is 22.8. The number of ether oxygens (including phenoxy) is 1. The summed E-state index contributed by atoms with van der Waals surface area (Å²) in [5.41, 5.74) is 0. The van der Waals surface area contributed by atoms with Gasteiger partial charge in [0.15, 0.2) is 6.54 Å². The van der Waals surface area contributed by atoms with E-state index in [1.807, 2.05) is 0 Å². The number of nitrogens with zero attached hydrogens (tertiary/aromatic N) is 2. The fourth-order valence-electron chi connectivity index (χ4n) is 7.37. The topological polar surface area (TPSA) is 46.6 Å². The molecule has 2 fully saturated rings.